The molecule has 1 heterocycles. The van der Waals surface area contributed by atoms with Crippen LogP contribution in [0.25, 0.3) is 0 Å². The standard InChI is InChI=1S/C14H18O3/c1-11(15)9-12-4-6-13(7-5-12)17-10-14-3-2-8-16-14/h4-7,14H,2-3,8-10H2,1H3. The van der Waals surface area contributed by atoms with E-state index in [1.54, 1.807) is 6.92 Å². The molecule has 1 saturated heterocycles. The molecule has 1 aliphatic heterocycles. The fourth-order valence-corrected chi connectivity index (χ4v) is 1.96. The van der Waals surface area contributed by atoms with Crippen molar-refractivity contribution in [2.24, 2.45) is 0 Å². The zero-order valence-corrected chi connectivity index (χ0v) is 10.1. The Hall–Kier alpha value is -1.35. The summed E-state index contributed by atoms with van der Waals surface area (Å²) >= 11 is 0. The third-order valence-electron chi connectivity index (χ3n) is 2.84. The van der Waals surface area contributed by atoms with Crippen molar-refractivity contribution in [3.05, 3.63) is 29.8 Å². The molecule has 0 aromatic heterocycles. The Balaban J connectivity index is 1.82. The van der Waals surface area contributed by atoms with Crippen LogP contribution in [0, 0.1) is 0 Å². The molecule has 1 aromatic carbocycles. The van der Waals surface area contributed by atoms with Gasteiger partial charge < -0.3 is 9.47 Å². The summed E-state index contributed by atoms with van der Waals surface area (Å²) < 4.78 is 11.1. The normalized spacial score (nSPS) is 19.2. The number of ketones is 1. The minimum Gasteiger partial charge on any atom is -0.491 e. The Morgan fingerprint density at radius 1 is 1.41 bits per heavy atom. The van der Waals surface area contributed by atoms with Crippen molar-refractivity contribution in [2.75, 3.05) is 13.2 Å². The Bertz CT molecular complexity index is 364. The van der Waals surface area contributed by atoms with Gasteiger partial charge in [-0.25, -0.2) is 0 Å². The van der Waals surface area contributed by atoms with Gasteiger partial charge in [0.25, 0.3) is 0 Å². The van der Waals surface area contributed by atoms with Crippen molar-refractivity contribution in [3.8, 4) is 5.75 Å². The van der Waals surface area contributed by atoms with Gasteiger partial charge in [0.2, 0.25) is 0 Å². The first-order valence-electron chi connectivity index (χ1n) is 6.07. The van der Waals surface area contributed by atoms with Gasteiger partial charge >= 0.3 is 0 Å². The van der Waals surface area contributed by atoms with Crippen molar-refractivity contribution in [1.82, 2.24) is 0 Å². The van der Waals surface area contributed by atoms with Gasteiger partial charge in [-0.05, 0) is 37.5 Å². The molecule has 3 heteroatoms. The average Bonchev–Trinajstić information content (AvgIpc) is 2.80. The molecule has 17 heavy (non-hydrogen) atoms. The maximum atomic E-state index is 10.9. The fraction of sp³-hybridized carbons (Fsp3) is 0.500. The number of hydrogen-bond acceptors (Lipinski definition) is 3. The highest BCUT2D eigenvalue weighted by molar-refractivity contribution is 5.78. The lowest BCUT2D eigenvalue weighted by Gasteiger charge is -2.11. The smallest absolute Gasteiger partial charge is 0.134 e. The van der Waals surface area contributed by atoms with Crippen LogP contribution in [-0.2, 0) is 16.0 Å². The molecule has 0 saturated carbocycles. The molecule has 1 atom stereocenters. The lowest BCUT2D eigenvalue weighted by atomic mass is 10.1. The van der Waals surface area contributed by atoms with E-state index < -0.39 is 0 Å². The van der Waals surface area contributed by atoms with Crippen LogP contribution in [-0.4, -0.2) is 25.1 Å². The van der Waals surface area contributed by atoms with E-state index in [0.717, 1.165) is 30.8 Å². The van der Waals surface area contributed by atoms with E-state index >= 15 is 0 Å². The van der Waals surface area contributed by atoms with Crippen molar-refractivity contribution >= 4 is 5.78 Å². The zero-order chi connectivity index (χ0) is 12.1. The number of Topliss-reactive ketones (excluding diaryl/α,β-unsaturated/α-hetero) is 1. The molecule has 1 aromatic rings. The minimum atomic E-state index is 0.179. The average molecular weight is 234 g/mol. The quantitative estimate of drug-likeness (QED) is 0.784. The lowest BCUT2D eigenvalue weighted by molar-refractivity contribution is -0.116. The third-order valence-corrected chi connectivity index (χ3v) is 2.84. The van der Waals surface area contributed by atoms with Crippen LogP contribution < -0.4 is 4.74 Å². The highest BCUT2D eigenvalue weighted by atomic mass is 16.5. The van der Waals surface area contributed by atoms with E-state index in [-0.39, 0.29) is 11.9 Å². The summed E-state index contributed by atoms with van der Waals surface area (Å²) in [6.07, 6.45) is 2.95. The molecule has 0 aliphatic carbocycles. The number of carbonyl (C=O) groups excluding carboxylic acids is 1. The van der Waals surface area contributed by atoms with Crippen LogP contribution in [0.2, 0.25) is 0 Å². The maximum Gasteiger partial charge on any atom is 0.134 e. The van der Waals surface area contributed by atoms with Crippen molar-refractivity contribution < 1.29 is 14.3 Å². The number of hydrogen-bond donors (Lipinski definition) is 0. The molecule has 92 valence electrons. The van der Waals surface area contributed by atoms with E-state index in [0.29, 0.717) is 13.0 Å². The third kappa shape index (κ3) is 3.86. The molecule has 1 aliphatic rings. The Morgan fingerprint density at radius 3 is 2.76 bits per heavy atom. The number of rotatable bonds is 5. The largest absolute Gasteiger partial charge is 0.491 e. The summed E-state index contributed by atoms with van der Waals surface area (Å²) in [7, 11) is 0. The first-order chi connectivity index (χ1) is 8.24. The van der Waals surface area contributed by atoms with Gasteiger partial charge in [-0.2, -0.15) is 0 Å². The molecule has 0 N–H and O–H groups in total. The van der Waals surface area contributed by atoms with Gasteiger partial charge in [-0.15, -0.1) is 0 Å². The number of carbonyl (C=O) groups is 1. The highest BCUT2D eigenvalue weighted by Crippen LogP contribution is 2.16. The van der Waals surface area contributed by atoms with Gasteiger partial charge in [0.15, 0.2) is 0 Å². The molecular weight excluding hydrogens is 216 g/mol. The summed E-state index contributed by atoms with van der Waals surface area (Å²) in [6, 6.07) is 7.69. The molecule has 0 spiro atoms. The molecule has 0 amide bonds. The number of benzene rings is 1. The van der Waals surface area contributed by atoms with Gasteiger partial charge in [-0.1, -0.05) is 12.1 Å². The predicted molar refractivity (Wildman–Crippen MR) is 65.3 cm³/mol. The topological polar surface area (TPSA) is 35.5 Å². The predicted octanol–water partition coefficient (Wildman–Crippen LogP) is 2.38. The fourth-order valence-electron chi connectivity index (χ4n) is 1.96. The molecule has 2 rings (SSSR count). The Kier molecular flexibility index (Phi) is 4.15. The van der Waals surface area contributed by atoms with Crippen LogP contribution in [0.4, 0.5) is 0 Å². The summed E-state index contributed by atoms with van der Waals surface area (Å²) in [5, 5.41) is 0. The molecule has 1 fully saturated rings. The Morgan fingerprint density at radius 2 is 2.18 bits per heavy atom. The van der Waals surface area contributed by atoms with Crippen molar-refractivity contribution in [2.45, 2.75) is 32.3 Å². The van der Waals surface area contributed by atoms with Crippen LogP contribution in [0.15, 0.2) is 24.3 Å². The summed E-state index contributed by atoms with van der Waals surface area (Å²) in [6.45, 7) is 3.07. The van der Waals surface area contributed by atoms with E-state index in [2.05, 4.69) is 0 Å². The molecule has 1 unspecified atom stereocenters. The van der Waals surface area contributed by atoms with Crippen molar-refractivity contribution in [1.29, 1.82) is 0 Å². The zero-order valence-electron chi connectivity index (χ0n) is 10.1. The van der Waals surface area contributed by atoms with Gasteiger partial charge in [0.1, 0.15) is 18.1 Å². The molecular formula is C14H18O3. The van der Waals surface area contributed by atoms with Crippen LogP contribution in [0.3, 0.4) is 0 Å². The second-order valence-electron chi connectivity index (χ2n) is 4.47. The van der Waals surface area contributed by atoms with Crippen LogP contribution >= 0.6 is 0 Å². The second kappa shape index (κ2) is 5.82. The van der Waals surface area contributed by atoms with E-state index in [1.807, 2.05) is 24.3 Å². The summed E-state index contributed by atoms with van der Waals surface area (Å²) in [4.78, 5) is 10.9. The SMILES string of the molecule is CC(=O)Cc1ccc(OCC2CCCO2)cc1. The summed E-state index contributed by atoms with van der Waals surface area (Å²) in [5.74, 6) is 1.02. The highest BCUT2D eigenvalue weighted by Gasteiger charge is 2.15. The van der Waals surface area contributed by atoms with E-state index in [1.165, 1.54) is 0 Å². The molecule has 0 bridgehead atoms. The summed E-state index contributed by atoms with van der Waals surface area (Å²) in [5.41, 5.74) is 1.03. The monoisotopic (exact) mass is 234 g/mol. The lowest BCUT2D eigenvalue weighted by Crippen LogP contribution is -2.16. The minimum absolute atomic E-state index is 0.179. The van der Waals surface area contributed by atoms with Gasteiger partial charge in [0.05, 0.1) is 6.10 Å². The maximum absolute atomic E-state index is 10.9. The second-order valence-corrected chi connectivity index (χ2v) is 4.47. The Labute approximate surface area is 102 Å². The molecule has 0 radical (unpaired) electrons. The van der Waals surface area contributed by atoms with Crippen LogP contribution in [0.5, 0.6) is 5.75 Å². The first kappa shape index (κ1) is 12.1. The van der Waals surface area contributed by atoms with Gasteiger partial charge in [-0.3, -0.25) is 4.79 Å². The van der Waals surface area contributed by atoms with Gasteiger partial charge in [0, 0.05) is 13.0 Å². The molecule has 3 nitrogen and oxygen atoms in total. The van der Waals surface area contributed by atoms with Crippen LogP contribution in [0.1, 0.15) is 25.3 Å². The van der Waals surface area contributed by atoms with Crippen molar-refractivity contribution in [3.63, 3.8) is 0 Å². The van der Waals surface area contributed by atoms with E-state index in [9.17, 15) is 4.79 Å². The first-order valence-corrected chi connectivity index (χ1v) is 6.07. The number of ether oxygens (including phenoxy) is 2. The van der Waals surface area contributed by atoms with E-state index in [4.69, 9.17) is 9.47 Å².